The summed E-state index contributed by atoms with van der Waals surface area (Å²) >= 11 is 0. The number of benzene rings is 1. The minimum atomic E-state index is -1.33. The summed E-state index contributed by atoms with van der Waals surface area (Å²) in [6.45, 7) is 4.04. The van der Waals surface area contributed by atoms with Crippen molar-refractivity contribution in [2.45, 2.75) is 45.3 Å². The number of carbonyl (C=O) groups excluding carboxylic acids is 2. The lowest BCUT2D eigenvalue weighted by Gasteiger charge is -2.57. The van der Waals surface area contributed by atoms with Crippen LogP contribution in [0.5, 0.6) is 0 Å². The van der Waals surface area contributed by atoms with Crippen LogP contribution in [0.4, 0.5) is 5.69 Å². The van der Waals surface area contributed by atoms with Crippen LogP contribution in [0.15, 0.2) is 35.4 Å². The van der Waals surface area contributed by atoms with Gasteiger partial charge in [0.2, 0.25) is 0 Å². The lowest BCUT2D eigenvalue weighted by Crippen LogP contribution is -2.99. The summed E-state index contributed by atoms with van der Waals surface area (Å²) in [6.07, 6.45) is -0.299. The predicted octanol–water partition coefficient (Wildman–Crippen LogP) is 0.648. The van der Waals surface area contributed by atoms with E-state index < -0.39 is 46.1 Å². The third-order valence-corrected chi connectivity index (χ3v) is 7.32. The first-order valence-electron chi connectivity index (χ1n) is 10.4. The molecule has 168 valence electrons. The maximum Gasteiger partial charge on any atom is 0.338 e. The lowest BCUT2D eigenvalue weighted by molar-refractivity contribution is -0.991. The van der Waals surface area contributed by atoms with Crippen molar-refractivity contribution in [3.63, 3.8) is 0 Å². The van der Waals surface area contributed by atoms with Crippen LogP contribution in [0.3, 0.4) is 0 Å². The average molecular weight is 433 g/mol. The second kappa shape index (κ2) is 7.68. The summed E-state index contributed by atoms with van der Waals surface area (Å²) < 4.78 is 10.8. The molecule has 0 bridgehead atoms. The van der Waals surface area contributed by atoms with E-state index in [2.05, 4.69) is 0 Å². The zero-order valence-corrected chi connectivity index (χ0v) is 17.5. The number of hydrogen-bond donors (Lipinski definition) is 4. The minimum Gasteiger partial charge on any atom is -0.595 e. The zero-order valence-electron chi connectivity index (χ0n) is 17.5. The molecule has 4 rings (SSSR count). The number of cyclic esters (lactones) is 1. The molecule has 0 aromatic heterocycles. The summed E-state index contributed by atoms with van der Waals surface area (Å²) in [7, 11) is 0. The quantitative estimate of drug-likeness (QED) is 0.401. The van der Waals surface area contributed by atoms with Crippen LogP contribution >= 0.6 is 0 Å². The van der Waals surface area contributed by atoms with Crippen molar-refractivity contribution >= 4 is 17.6 Å². The van der Waals surface area contributed by atoms with Gasteiger partial charge in [-0.3, -0.25) is 0 Å². The van der Waals surface area contributed by atoms with Crippen LogP contribution in [0.2, 0.25) is 0 Å². The van der Waals surface area contributed by atoms with E-state index in [0.29, 0.717) is 6.42 Å². The topological polar surface area (TPSA) is 141 Å². The third-order valence-electron chi connectivity index (χ3n) is 7.32. The van der Waals surface area contributed by atoms with Crippen molar-refractivity contribution in [2.24, 2.45) is 16.7 Å². The number of esters is 2. The summed E-state index contributed by atoms with van der Waals surface area (Å²) in [5.41, 5.74) is 0.0315. The van der Waals surface area contributed by atoms with E-state index in [9.17, 15) is 25.0 Å². The molecule has 2 unspecified atom stereocenters. The lowest BCUT2D eigenvalue weighted by atomic mass is 9.49. The van der Waals surface area contributed by atoms with Crippen molar-refractivity contribution < 1.29 is 39.7 Å². The highest BCUT2D eigenvalue weighted by Crippen LogP contribution is 2.60. The molecular formula is C22H27NO8. The van der Waals surface area contributed by atoms with Crippen LogP contribution in [0.1, 0.15) is 43.5 Å². The molecule has 9 nitrogen and oxygen atoms in total. The van der Waals surface area contributed by atoms with E-state index in [1.807, 2.05) is 13.8 Å². The van der Waals surface area contributed by atoms with Crippen LogP contribution in [-0.2, 0) is 14.3 Å². The highest BCUT2D eigenvalue weighted by atomic mass is 16.8. The minimum absolute atomic E-state index is 0.0218. The molecule has 0 spiro atoms. The Kier molecular flexibility index (Phi) is 5.43. The van der Waals surface area contributed by atoms with E-state index in [1.54, 1.807) is 0 Å². The summed E-state index contributed by atoms with van der Waals surface area (Å²) in [6, 6.07) is 5.48. The summed E-state index contributed by atoms with van der Waals surface area (Å²) in [4.78, 5) is 24.7. The number of fused-ring (bicyclic) bond motifs is 2. The van der Waals surface area contributed by atoms with Crippen LogP contribution in [-0.4, -0.2) is 52.8 Å². The van der Waals surface area contributed by atoms with Gasteiger partial charge in [0.15, 0.2) is 5.69 Å². The molecule has 6 atom stereocenters. The number of aliphatic hydroxyl groups is 2. The number of quaternary nitrogens is 1. The SMILES string of the molecule is C[C@]1(COC(=O)c2ccc([NH+]([O-])O)cc2)CCC[C@]2(C)C3=C(C(=O)OC3)[C@H](O)[C@@H](O)C12. The normalized spacial score (nSPS) is 35.8. The number of rotatable bonds is 4. The Morgan fingerprint density at radius 1 is 1.26 bits per heavy atom. The fourth-order valence-electron chi connectivity index (χ4n) is 5.83. The van der Waals surface area contributed by atoms with Crippen molar-refractivity contribution in [3.8, 4) is 0 Å². The van der Waals surface area contributed by atoms with Crippen molar-refractivity contribution in [2.75, 3.05) is 13.2 Å². The predicted molar refractivity (Wildman–Crippen MR) is 106 cm³/mol. The Bertz CT molecular complexity index is 926. The fraction of sp³-hybridized carbons (Fsp3) is 0.545. The smallest absolute Gasteiger partial charge is 0.338 e. The number of ether oxygens (including phenoxy) is 2. The molecule has 0 radical (unpaired) electrons. The summed E-state index contributed by atoms with van der Waals surface area (Å²) in [5, 5.41) is 40.6. The van der Waals surface area contributed by atoms with Crippen molar-refractivity contribution in [3.05, 3.63) is 46.2 Å². The first kappa shape index (κ1) is 21.9. The Hall–Kier alpha value is -2.30. The van der Waals surface area contributed by atoms with Gasteiger partial charge in [-0.1, -0.05) is 20.3 Å². The van der Waals surface area contributed by atoms with E-state index in [1.165, 1.54) is 24.3 Å². The maximum atomic E-state index is 12.6. The average Bonchev–Trinajstić information content (AvgIpc) is 3.13. The number of hydrogen-bond acceptors (Lipinski definition) is 8. The molecule has 9 heteroatoms. The van der Waals surface area contributed by atoms with E-state index in [0.717, 1.165) is 18.4 Å². The fourth-order valence-corrected chi connectivity index (χ4v) is 5.83. The van der Waals surface area contributed by atoms with Gasteiger partial charge in [0.1, 0.15) is 12.7 Å². The Balaban J connectivity index is 1.57. The second-order valence-electron chi connectivity index (χ2n) is 9.27. The number of carbonyl (C=O) groups is 2. The second-order valence-corrected chi connectivity index (χ2v) is 9.27. The van der Waals surface area contributed by atoms with Crippen molar-refractivity contribution in [1.29, 1.82) is 0 Å². The Labute approximate surface area is 179 Å². The first-order valence-corrected chi connectivity index (χ1v) is 10.4. The van der Waals surface area contributed by atoms with Gasteiger partial charge in [-0.2, -0.15) is 5.23 Å². The largest absolute Gasteiger partial charge is 0.595 e. The third kappa shape index (κ3) is 3.46. The molecule has 1 fully saturated rings. The zero-order chi connectivity index (χ0) is 22.6. The molecule has 1 heterocycles. The van der Waals surface area contributed by atoms with Gasteiger partial charge >= 0.3 is 11.9 Å². The molecule has 31 heavy (non-hydrogen) atoms. The standard InChI is InChI=1S/C22H27NO8/c1-21(11-31-19(26)12-4-6-13(7-5-12)23(28)29)8-3-9-22(2)14-10-30-20(27)15(14)16(24)17(25)18(21)22/h4-7,16-18,23-25,28H,3,8-11H2,1-2H3/t16-,17+,18?,21+,22+/m0/s1. The highest BCUT2D eigenvalue weighted by Gasteiger charge is 2.61. The van der Waals surface area contributed by atoms with Crippen LogP contribution in [0.25, 0.3) is 0 Å². The number of nitrogens with one attached hydrogen (secondary N) is 1. The molecule has 1 aliphatic heterocycles. The molecule has 0 saturated heterocycles. The van der Waals surface area contributed by atoms with Crippen LogP contribution < -0.4 is 5.23 Å². The molecule has 2 aliphatic carbocycles. The van der Waals surface area contributed by atoms with Crippen molar-refractivity contribution in [1.82, 2.24) is 0 Å². The van der Waals surface area contributed by atoms with Gasteiger partial charge in [-0.25, -0.2) is 14.8 Å². The molecule has 0 amide bonds. The van der Waals surface area contributed by atoms with Crippen LogP contribution in [0, 0.1) is 22.0 Å². The molecule has 4 N–H and O–H groups in total. The van der Waals surface area contributed by atoms with Gasteiger partial charge < -0.3 is 24.9 Å². The van der Waals surface area contributed by atoms with E-state index in [-0.39, 0.29) is 30.0 Å². The molecule has 1 aromatic carbocycles. The van der Waals surface area contributed by atoms with Gasteiger partial charge in [-0.05, 0) is 36.0 Å². The van der Waals surface area contributed by atoms with Gasteiger partial charge in [0, 0.05) is 23.5 Å². The molecular weight excluding hydrogens is 406 g/mol. The molecule has 1 aromatic rings. The van der Waals surface area contributed by atoms with Gasteiger partial charge in [-0.15, -0.1) is 0 Å². The highest BCUT2D eigenvalue weighted by molar-refractivity contribution is 5.94. The Morgan fingerprint density at radius 3 is 2.58 bits per heavy atom. The first-order chi connectivity index (χ1) is 14.6. The number of aliphatic hydroxyl groups excluding tert-OH is 2. The van der Waals surface area contributed by atoms with Gasteiger partial charge in [0.05, 0.1) is 23.8 Å². The molecule has 1 saturated carbocycles. The Morgan fingerprint density at radius 2 is 1.94 bits per heavy atom. The molecule has 3 aliphatic rings. The maximum absolute atomic E-state index is 12.6. The monoisotopic (exact) mass is 433 g/mol. The summed E-state index contributed by atoms with van der Waals surface area (Å²) in [5.74, 6) is -1.60. The van der Waals surface area contributed by atoms with Gasteiger partial charge in [0.25, 0.3) is 0 Å². The van der Waals surface area contributed by atoms with E-state index >= 15 is 0 Å². The van der Waals surface area contributed by atoms with E-state index in [4.69, 9.17) is 14.7 Å².